The number of phenolic OH excluding ortho intramolecular Hbond substituents is 1. The zero-order valence-corrected chi connectivity index (χ0v) is 10.6. The van der Waals surface area contributed by atoms with Crippen LogP contribution in [0.3, 0.4) is 0 Å². The lowest BCUT2D eigenvalue weighted by Crippen LogP contribution is -2.05. The first kappa shape index (κ1) is 12.2. The number of hydrogen-bond donors (Lipinski definition) is 1. The molecule has 1 aliphatic rings. The summed E-state index contributed by atoms with van der Waals surface area (Å²) in [7, 11) is 0. The molecule has 17 heavy (non-hydrogen) atoms. The molecule has 1 saturated carbocycles. The second-order valence-corrected chi connectivity index (χ2v) is 5.04. The predicted molar refractivity (Wildman–Crippen MR) is 68.4 cm³/mol. The minimum absolute atomic E-state index is 0.0704. The SMILES string of the molecule is CCC(C)c1ccc(O)c(C2CCCC2=O)c1. The van der Waals surface area contributed by atoms with E-state index in [2.05, 4.69) is 13.8 Å². The van der Waals surface area contributed by atoms with Gasteiger partial charge in [-0.25, -0.2) is 0 Å². The van der Waals surface area contributed by atoms with Crippen LogP contribution < -0.4 is 0 Å². The van der Waals surface area contributed by atoms with Gasteiger partial charge in [-0.3, -0.25) is 4.79 Å². The molecule has 1 aromatic carbocycles. The van der Waals surface area contributed by atoms with E-state index in [-0.39, 0.29) is 17.5 Å². The van der Waals surface area contributed by atoms with Crippen LogP contribution in [-0.2, 0) is 4.79 Å². The van der Waals surface area contributed by atoms with Crippen molar-refractivity contribution in [2.75, 3.05) is 0 Å². The highest BCUT2D eigenvalue weighted by Crippen LogP contribution is 2.37. The Morgan fingerprint density at radius 1 is 1.47 bits per heavy atom. The largest absolute Gasteiger partial charge is 0.508 e. The molecule has 2 heteroatoms. The van der Waals surface area contributed by atoms with Gasteiger partial charge in [0, 0.05) is 17.9 Å². The first-order valence-corrected chi connectivity index (χ1v) is 6.49. The van der Waals surface area contributed by atoms with Gasteiger partial charge in [0.15, 0.2) is 0 Å². The predicted octanol–water partition coefficient (Wildman–Crippen LogP) is 3.74. The molecular weight excluding hydrogens is 212 g/mol. The molecule has 0 heterocycles. The average Bonchev–Trinajstić information content (AvgIpc) is 2.75. The van der Waals surface area contributed by atoms with Crippen molar-refractivity contribution >= 4 is 5.78 Å². The first-order chi connectivity index (χ1) is 8.13. The van der Waals surface area contributed by atoms with Gasteiger partial charge in [0.05, 0.1) is 0 Å². The summed E-state index contributed by atoms with van der Waals surface area (Å²) in [6.45, 7) is 4.32. The lowest BCUT2D eigenvalue weighted by Gasteiger charge is -2.15. The minimum Gasteiger partial charge on any atom is -0.508 e. The Hall–Kier alpha value is -1.31. The van der Waals surface area contributed by atoms with E-state index in [9.17, 15) is 9.90 Å². The van der Waals surface area contributed by atoms with Crippen LogP contribution in [-0.4, -0.2) is 10.9 Å². The number of rotatable bonds is 3. The monoisotopic (exact) mass is 232 g/mol. The summed E-state index contributed by atoms with van der Waals surface area (Å²) < 4.78 is 0. The van der Waals surface area contributed by atoms with Gasteiger partial charge in [0.1, 0.15) is 11.5 Å². The maximum atomic E-state index is 11.8. The highest BCUT2D eigenvalue weighted by atomic mass is 16.3. The molecule has 2 unspecified atom stereocenters. The van der Waals surface area contributed by atoms with Crippen molar-refractivity contribution in [3.8, 4) is 5.75 Å². The maximum absolute atomic E-state index is 11.8. The van der Waals surface area contributed by atoms with Gasteiger partial charge in [0.25, 0.3) is 0 Å². The van der Waals surface area contributed by atoms with Crippen LogP contribution in [0.25, 0.3) is 0 Å². The fraction of sp³-hybridized carbons (Fsp3) is 0.533. The Bertz CT molecular complexity index is 423. The standard InChI is InChI=1S/C15H20O2/c1-3-10(2)11-7-8-15(17)13(9-11)12-5-4-6-14(12)16/h7-10,12,17H,3-6H2,1-2H3. The molecule has 0 spiro atoms. The van der Waals surface area contributed by atoms with E-state index >= 15 is 0 Å². The number of benzene rings is 1. The van der Waals surface area contributed by atoms with Crippen molar-refractivity contribution in [1.82, 2.24) is 0 Å². The third-order valence-electron chi connectivity index (χ3n) is 3.91. The Balaban J connectivity index is 2.35. The van der Waals surface area contributed by atoms with Gasteiger partial charge in [0.2, 0.25) is 0 Å². The van der Waals surface area contributed by atoms with E-state index in [4.69, 9.17) is 0 Å². The van der Waals surface area contributed by atoms with E-state index in [0.717, 1.165) is 24.8 Å². The lowest BCUT2D eigenvalue weighted by molar-refractivity contribution is -0.118. The second-order valence-electron chi connectivity index (χ2n) is 5.04. The van der Waals surface area contributed by atoms with E-state index in [1.54, 1.807) is 6.07 Å². The number of Topliss-reactive ketones (excluding diaryl/α,β-unsaturated/α-hetero) is 1. The number of carbonyl (C=O) groups is 1. The summed E-state index contributed by atoms with van der Waals surface area (Å²) in [5, 5.41) is 9.92. The van der Waals surface area contributed by atoms with Crippen LogP contribution in [0.1, 0.15) is 62.5 Å². The van der Waals surface area contributed by atoms with E-state index < -0.39 is 0 Å². The van der Waals surface area contributed by atoms with E-state index in [1.807, 2.05) is 12.1 Å². The smallest absolute Gasteiger partial charge is 0.140 e. The van der Waals surface area contributed by atoms with Crippen LogP contribution in [0.4, 0.5) is 0 Å². The molecule has 0 amide bonds. The summed E-state index contributed by atoms with van der Waals surface area (Å²) in [4.78, 5) is 11.8. The van der Waals surface area contributed by atoms with Gasteiger partial charge >= 0.3 is 0 Å². The normalized spacial score (nSPS) is 21.8. The number of phenols is 1. The van der Waals surface area contributed by atoms with Crippen LogP contribution >= 0.6 is 0 Å². The molecule has 1 aromatic rings. The molecule has 1 N–H and O–H groups in total. The third kappa shape index (κ3) is 2.36. The molecule has 0 bridgehead atoms. The van der Waals surface area contributed by atoms with Gasteiger partial charge in [-0.1, -0.05) is 26.0 Å². The van der Waals surface area contributed by atoms with Crippen molar-refractivity contribution < 1.29 is 9.90 Å². The number of ketones is 1. The molecule has 2 rings (SSSR count). The topological polar surface area (TPSA) is 37.3 Å². The number of aromatic hydroxyl groups is 1. The highest BCUT2D eigenvalue weighted by Gasteiger charge is 2.28. The van der Waals surface area contributed by atoms with Crippen LogP contribution in [0.5, 0.6) is 5.75 Å². The zero-order chi connectivity index (χ0) is 12.4. The van der Waals surface area contributed by atoms with Crippen molar-refractivity contribution in [2.45, 2.75) is 51.4 Å². The fourth-order valence-corrected chi connectivity index (χ4v) is 2.54. The summed E-state index contributed by atoms with van der Waals surface area (Å²) in [6.07, 6.45) is 3.58. The van der Waals surface area contributed by atoms with Gasteiger partial charge in [-0.2, -0.15) is 0 Å². The summed E-state index contributed by atoms with van der Waals surface area (Å²) >= 11 is 0. The van der Waals surface area contributed by atoms with Gasteiger partial charge < -0.3 is 5.11 Å². The first-order valence-electron chi connectivity index (χ1n) is 6.49. The highest BCUT2D eigenvalue weighted by molar-refractivity contribution is 5.88. The molecule has 1 aliphatic carbocycles. The summed E-state index contributed by atoms with van der Waals surface area (Å²) in [5.41, 5.74) is 2.06. The molecule has 0 saturated heterocycles. The Morgan fingerprint density at radius 3 is 2.82 bits per heavy atom. The molecule has 0 aliphatic heterocycles. The summed E-state index contributed by atoms with van der Waals surface area (Å²) in [5.74, 6) is 0.962. The molecule has 0 radical (unpaired) electrons. The molecule has 0 aromatic heterocycles. The third-order valence-corrected chi connectivity index (χ3v) is 3.91. The minimum atomic E-state index is -0.0704. The zero-order valence-electron chi connectivity index (χ0n) is 10.6. The molecule has 2 nitrogen and oxygen atoms in total. The lowest BCUT2D eigenvalue weighted by atomic mass is 9.90. The van der Waals surface area contributed by atoms with Crippen LogP contribution in [0.2, 0.25) is 0 Å². The van der Waals surface area contributed by atoms with Crippen LogP contribution in [0, 0.1) is 0 Å². The van der Waals surface area contributed by atoms with Crippen LogP contribution in [0.15, 0.2) is 18.2 Å². The molecule has 2 atom stereocenters. The quantitative estimate of drug-likeness (QED) is 0.862. The van der Waals surface area contributed by atoms with Gasteiger partial charge in [-0.05, 0) is 36.8 Å². The van der Waals surface area contributed by atoms with E-state index in [1.165, 1.54) is 5.56 Å². The van der Waals surface area contributed by atoms with Crippen molar-refractivity contribution in [1.29, 1.82) is 0 Å². The van der Waals surface area contributed by atoms with Crippen molar-refractivity contribution in [3.05, 3.63) is 29.3 Å². The van der Waals surface area contributed by atoms with Gasteiger partial charge in [-0.15, -0.1) is 0 Å². The van der Waals surface area contributed by atoms with Crippen molar-refractivity contribution in [3.63, 3.8) is 0 Å². The Morgan fingerprint density at radius 2 is 2.24 bits per heavy atom. The average molecular weight is 232 g/mol. The van der Waals surface area contributed by atoms with E-state index in [0.29, 0.717) is 12.3 Å². The molecular formula is C15H20O2. The molecule has 1 fully saturated rings. The molecule has 92 valence electrons. The Labute approximate surface area is 103 Å². The van der Waals surface area contributed by atoms with Crippen molar-refractivity contribution in [2.24, 2.45) is 0 Å². The number of hydrogen-bond acceptors (Lipinski definition) is 2. The summed E-state index contributed by atoms with van der Waals surface area (Å²) in [6, 6.07) is 5.73. The fourth-order valence-electron chi connectivity index (χ4n) is 2.54. The number of carbonyl (C=O) groups excluding carboxylic acids is 1. The Kier molecular flexibility index (Phi) is 3.51. The maximum Gasteiger partial charge on any atom is 0.140 e. The second kappa shape index (κ2) is 4.91.